The van der Waals surface area contributed by atoms with Gasteiger partial charge in [0.2, 0.25) is 0 Å². The van der Waals surface area contributed by atoms with E-state index in [0.717, 1.165) is 29.7 Å². The van der Waals surface area contributed by atoms with Crippen LogP contribution in [0.25, 0.3) is 11.5 Å². The highest BCUT2D eigenvalue weighted by atomic mass is 79.9. The topological polar surface area (TPSA) is 68.2 Å². The van der Waals surface area contributed by atoms with Crippen LogP contribution in [-0.4, -0.2) is 34.7 Å². The lowest BCUT2D eigenvalue weighted by Gasteiger charge is -2.20. The van der Waals surface area contributed by atoms with Gasteiger partial charge >= 0.3 is 0 Å². The van der Waals surface area contributed by atoms with Gasteiger partial charge in [-0.2, -0.15) is 4.98 Å². The van der Waals surface area contributed by atoms with Crippen LogP contribution in [0.1, 0.15) is 25.7 Å². The molecule has 0 radical (unpaired) electrons. The monoisotopic (exact) mass is 338 g/mol. The smallest absolute Gasteiger partial charge is 0.258 e. The van der Waals surface area contributed by atoms with Crippen molar-refractivity contribution in [2.75, 3.05) is 19.6 Å². The van der Waals surface area contributed by atoms with E-state index in [1.165, 1.54) is 0 Å². The third-order valence-corrected chi connectivity index (χ3v) is 3.69. The summed E-state index contributed by atoms with van der Waals surface area (Å²) in [7, 11) is 0. The molecule has 0 aliphatic carbocycles. The molecule has 0 fully saturated rings. The molecule has 1 aromatic carbocycles. The van der Waals surface area contributed by atoms with Crippen LogP contribution in [0.2, 0.25) is 0 Å². The van der Waals surface area contributed by atoms with Crippen molar-refractivity contribution in [2.24, 2.45) is 5.73 Å². The van der Waals surface area contributed by atoms with E-state index in [0.29, 0.717) is 11.7 Å². The summed E-state index contributed by atoms with van der Waals surface area (Å²) in [6.07, 6.45) is 0. The van der Waals surface area contributed by atoms with Gasteiger partial charge in [0.15, 0.2) is 5.82 Å². The van der Waals surface area contributed by atoms with E-state index in [9.17, 15) is 0 Å². The number of nitrogens with zero attached hydrogens (tertiary/aromatic N) is 3. The third kappa shape index (κ3) is 3.65. The Labute approximate surface area is 127 Å². The number of hydrogen-bond donors (Lipinski definition) is 1. The van der Waals surface area contributed by atoms with Gasteiger partial charge in [0.1, 0.15) is 0 Å². The van der Waals surface area contributed by atoms with Gasteiger partial charge in [-0.15, -0.1) is 0 Å². The Hall–Kier alpha value is -1.24. The molecular formula is C14H19BrN4O. The number of rotatable bonds is 6. The van der Waals surface area contributed by atoms with Crippen LogP contribution >= 0.6 is 15.9 Å². The van der Waals surface area contributed by atoms with Crippen LogP contribution < -0.4 is 5.73 Å². The summed E-state index contributed by atoms with van der Waals surface area (Å²) in [4.78, 5) is 6.63. The summed E-state index contributed by atoms with van der Waals surface area (Å²) in [6, 6.07) is 7.51. The first-order valence-corrected chi connectivity index (χ1v) is 7.50. The molecule has 0 amide bonds. The quantitative estimate of drug-likeness (QED) is 0.876. The Morgan fingerprint density at radius 1 is 1.35 bits per heavy atom. The van der Waals surface area contributed by atoms with Crippen molar-refractivity contribution in [1.82, 2.24) is 15.0 Å². The van der Waals surface area contributed by atoms with Crippen molar-refractivity contribution in [3.63, 3.8) is 0 Å². The third-order valence-electron chi connectivity index (χ3n) is 3.19. The number of hydrogen-bond acceptors (Lipinski definition) is 5. The van der Waals surface area contributed by atoms with Crippen molar-refractivity contribution in [2.45, 2.75) is 19.9 Å². The van der Waals surface area contributed by atoms with Crippen molar-refractivity contribution in [3.8, 4) is 11.5 Å². The van der Waals surface area contributed by atoms with Crippen LogP contribution in [0.15, 0.2) is 33.3 Å². The fraction of sp³-hybridized carbons (Fsp3) is 0.429. The van der Waals surface area contributed by atoms with E-state index >= 15 is 0 Å². The first-order valence-electron chi connectivity index (χ1n) is 6.71. The molecule has 108 valence electrons. The van der Waals surface area contributed by atoms with Crippen LogP contribution in [0.3, 0.4) is 0 Å². The average Bonchev–Trinajstić information content (AvgIpc) is 2.94. The molecule has 0 aliphatic rings. The second-order valence-electron chi connectivity index (χ2n) is 4.56. The number of nitrogens with two attached hydrogens (primary N) is 1. The fourth-order valence-electron chi connectivity index (χ4n) is 1.97. The maximum atomic E-state index is 6.13. The number of halogens is 1. The molecule has 2 N–H and O–H groups in total. The summed E-state index contributed by atoms with van der Waals surface area (Å²) in [5, 5.41) is 3.99. The van der Waals surface area contributed by atoms with Gasteiger partial charge < -0.3 is 15.2 Å². The summed E-state index contributed by atoms with van der Waals surface area (Å²) >= 11 is 3.43. The molecule has 6 heteroatoms. The molecule has 1 unspecified atom stereocenters. The standard InChI is InChI=1S/C14H19BrN4O/c1-3-19(4-2)9-12(16)13-17-14(20-18-13)10-6-5-7-11(15)8-10/h5-8,12H,3-4,9,16H2,1-2H3. The fourth-order valence-corrected chi connectivity index (χ4v) is 2.37. The first kappa shape index (κ1) is 15.2. The minimum absolute atomic E-state index is 0.237. The highest BCUT2D eigenvalue weighted by molar-refractivity contribution is 9.10. The van der Waals surface area contributed by atoms with Crippen molar-refractivity contribution in [3.05, 3.63) is 34.6 Å². The molecule has 1 heterocycles. The molecule has 20 heavy (non-hydrogen) atoms. The summed E-state index contributed by atoms with van der Waals surface area (Å²) in [5.41, 5.74) is 7.01. The lowest BCUT2D eigenvalue weighted by atomic mass is 10.2. The van der Waals surface area contributed by atoms with Crippen LogP contribution in [0.4, 0.5) is 0 Å². The van der Waals surface area contributed by atoms with Crippen LogP contribution in [0.5, 0.6) is 0 Å². The minimum Gasteiger partial charge on any atom is -0.334 e. The van der Waals surface area contributed by atoms with E-state index in [1.807, 2.05) is 24.3 Å². The molecule has 0 bridgehead atoms. The summed E-state index contributed by atoms with van der Waals surface area (Å²) < 4.78 is 6.27. The van der Waals surface area contributed by atoms with Gasteiger partial charge in [0.05, 0.1) is 6.04 Å². The molecule has 0 saturated carbocycles. The van der Waals surface area contributed by atoms with Crippen molar-refractivity contribution < 1.29 is 4.52 Å². The molecule has 0 saturated heterocycles. The lowest BCUT2D eigenvalue weighted by molar-refractivity contribution is 0.278. The Morgan fingerprint density at radius 2 is 2.10 bits per heavy atom. The second kappa shape index (κ2) is 6.97. The van der Waals surface area contributed by atoms with Gasteiger partial charge in [-0.1, -0.05) is 41.0 Å². The molecule has 1 aromatic heterocycles. The number of benzene rings is 1. The summed E-state index contributed by atoms with van der Waals surface area (Å²) in [6.45, 7) is 6.87. The van der Waals surface area contributed by atoms with Crippen LogP contribution in [0, 0.1) is 0 Å². The number of likely N-dealkylation sites (N-methyl/N-ethyl adjacent to an activating group) is 1. The Bertz CT molecular complexity index is 554. The molecule has 0 aliphatic heterocycles. The van der Waals surface area contributed by atoms with Gasteiger partial charge in [0, 0.05) is 16.6 Å². The van der Waals surface area contributed by atoms with Crippen LogP contribution in [-0.2, 0) is 0 Å². The zero-order chi connectivity index (χ0) is 14.5. The zero-order valence-corrected chi connectivity index (χ0v) is 13.3. The van der Waals surface area contributed by atoms with E-state index < -0.39 is 0 Å². The Kier molecular flexibility index (Phi) is 5.28. The predicted molar refractivity (Wildman–Crippen MR) is 82.2 cm³/mol. The first-order chi connectivity index (χ1) is 9.63. The Morgan fingerprint density at radius 3 is 2.75 bits per heavy atom. The maximum absolute atomic E-state index is 6.13. The lowest BCUT2D eigenvalue weighted by Crippen LogP contribution is -2.32. The Balaban J connectivity index is 2.12. The van der Waals surface area contributed by atoms with E-state index in [2.05, 4.69) is 44.8 Å². The SMILES string of the molecule is CCN(CC)CC(N)c1noc(-c2cccc(Br)c2)n1. The minimum atomic E-state index is -0.237. The van der Waals surface area contributed by atoms with Crippen molar-refractivity contribution >= 4 is 15.9 Å². The molecule has 0 spiro atoms. The number of aromatic nitrogens is 2. The zero-order valence-electron chi connectivity index (χ0n) is 11.7. The summed E-state index contributed by atoms with van der Waals surface area (Å²) in [5.74, 6) is 1.04. The van der Waals surface area contributed by atoms with Gasteiger partial charge in [-0.25, -0.2) is 0 Å². The highest BCUT2D eigenvalue weighted by Crippen LogP contribution is 2.22. The molecule has 1 atom stereocenters. The molecule has 2 rings (SSSR count). The van der Waals surface area contributed by atoms with E-state index in [1.54, 1.807) is 0 Å². The van der Waals surface area contributed by atoms with Crippen molar-refractivity contribution in [1.29, 1.82) is 0 Å². The molecular weight excluding hydrogens is 320 g/mol. The normalized spacial score (nSPS) is 12.8. The van der Waals surface area contributed by atoms with Gasteiger partial charge in [0.25, 0.3) is 5.89 Å². The predicted octanol–water partition coefficient (Wildman–Crippen LogP) is 2.84. The van der Waals surface area contributed by atoms with Gasteiger partial charge in [-0.05, 0) is 31.3 Å². The van der Waals surface area contributed by atoms with E-state index in [-0.39, 0.29) is 6.04 Å². The second-order valence-corrected chi connectivity index (χ2v) is 5.48. The maximum Gasteiger partial charge on any atom is 0.258 e. The average molecular weight is 339 g/mol. The van der Waals surface area contributed by atoms with E-state index in [4.69, 9.17) is 10.3 Å². The highest BCUT2D eigenvalue weighted by Gasteiger charge is 2.17. The van der Waals surface area contributed by atoms with Gasteiger partial charge in [-0.3, -0.25) is 0 Å². The molecule has 2 aromatic rings. The molecule has 5 nitrogen and oxygen atoms in total. The largest absolute Gasteiger partial charge is 0.334 e.